The van der Waals surface area contributed by atoms with Gasteiger partial charge in [0.1, 0.15) is 5.69 Å². The number of aromatic nitrogens is 1. The number of nitrogens with zero attached hydrogens (tertiary/aromatic N) is 1. The Balaban J connectivity index is 3.71. The van der Waals surface area contributed by atoms with Crippen LogP contribution in [0.15, 0.2) is 0 Å². The van der Waals surface area contributed by atoms with Crippen molar-refractivity contribution >= 4 is 0 Å². The standard InChI is InChI=1S/C11H11F6N/c1-4-7-6(3)18-9(11(15,16)17)5(2)8(7)10(12,13)14/h4H2,1-3H3. The molecule has 0 bridgehead atoms. The molecule has 0 atom stereocenters. The van der Waals surface area contributed by atoms with Crippen LogP contribution in [0.5, 0.6) is 0 Å². The summed E-state index contributed by atoms with van der Waals surface area (Å²) in [5, 5.41) is 0. The molecule has 18 heavy (non-hydrogen) atoms. The molecule has 0 radical (unpaired) electrons. The molecule has 1 rings (SSSR count). The molecule has 1 aromatic rings. The van der Waals surface area contributed by atoms with Gasteiger partial charge in [-0.05, 0) is 31.4 Å². The molecule has 0 aromatic carbocycles. The molecule has 1 aromatic heterocycles. The number of rotatable bonds is 1. The van der Waals surface area contributed by atoms with E-state index in [1.807, 2.05) is 0 Å². The minimum absolute atomic E-state index is 0.0212. The highest BCUT2D eigenvalue weighted by Crippen LogP contribution is 2.40. The number of hydrogen-bond acceptors (Lipinski definition) is 1. The van der Waals surface area contributed by atoms with E-state index in [9.17, 15) is 26.3 Å². The molecule has 0 aliphatic rings. The summed E-state index contributed by atoms with van der Waals surface area (Å²) in [6, 6.07) is 0. The van der Waals surface area contributed by atoms with Crippen molar-refractivity contribution in [1.29, 1.82) is 0 Å². The van der Waals surface area contributed by atoms with Crippen molar-refractivity contribution < 1.29 is 26.3 Å². The summed E-state index contributed by atoms with van der Waals surface area (Å²) >= 11 is 0. The molecule has 0 N–H and O–H groups in total. The van der Waals surface area contributed by atoms with Crippen LogP contribution in [-0.4, -0.2) is 4.98 Å². The van der Waals surface area contributed by atoms with Crippen LogP contribution in [0.3, 0.4) is 0 Å². The summed E-state index contributed by atoms with van der Waals surface area (Å²) in [7, 11) is 0. The summed E-state index contributed by atoms with van der Waals surface area (Å²) in [5.41, 5.74) is -3.97. The number of pyridine rings is 1. The highest BCUT2D eigenvalue weighted by Gasteiger charge is 2.42. The first kappa shape index (κ1) is 14.8. The number of aryl methyl sites for hydroxylation is 1. The SMILES string of the molecule is CCc1c(C)nc(C(F)(F)F)c(C)c1C(F)(F)F. The summed E-state index contributed by atoms with van der Waals surface area (Å²) < 4.78 is 76.4. The highest BCUT2D eigenvalue weighted by molar-refractivity contribution is 5.42. The van der Waals surface area contributed by atoms with Crippen molar-refractivity contribution in [3.8, 4) is 0 Å². The van der Waals surface area contributed by atoms with Crippen LogP contribution in [0.1, 0.15) is 35.0 Å². The fourth-order valence-electron chi connectivity index (χ4n) is 1.94. The maximum absolute atomic E-state index is 12.8. The minimum atomic E-state index is -4.89. The molecule has 0 spiro atoms. The van der Waals surface area contributed by atoms with Crippen molar-refractivity contribution in [3.63, 3.8) is 0 Å². The molecule has 0 aliphatic carbocycles. The van der Waals surface area contributed by atoms with Crippen LogP contribution in [-0.2, 0) is 18.8 Å². The lowest BCUT2D eigenvalue weighted by Gasteiger charge is -2.20. The Morgan fingerprint density at radius 1 is 0.944 bits per heavy atom. The van der Waals surface area contributed by atoms with Crippen molar-refractivity contribution in [2.24, 2.45) is 0 Å². The zero-order valence-corrected chi connectivity index (χ0v) is 9.92. The molecule has 0 saturated heterocycles. The Morgan fingerprint density at radius 2 is 1.44 bits per heavy atom. The normalized spacial score (nSPS) is 12.9. The third-order valence-corrected chi connectivity index (χ3v) is 2.65. The van der Waals surface area contributed by atoms with Gasteiger partial charge in [-0.3, -0.25) is 0 Å². The average Bonchev–Trinajstić information content (AvgIpc) is 2.16. The van der Waals surface area contributed by atoms with E-state index < -0.39 is 29.2 Å². The summed E-state index contributed by atoms with van der Waals surface area (Å²) in [5.74, 6) is 0. The van der Waals surface area contributed by atoms with Gasteiger partial charge in [-0.2, -0.15) is 26.3 Å². The largest absolute Gasteiger partial charge is 0.433 e. The number of halogens is 6. The molecule has 7 heteroatoms. The van der Waals surface area contributed by atoms with Crippen molar-refractivity contribution in [2.75, 3.05) is 0 Å². The van der Waals surface area contributed by atoms with Crippen molar-refractivity contribution in [1.82, 2.24) is 4.98 Å². The summed E-state index contributed by atoms with van der Waals surface area (Å²) in [6.07, 6.45) is -9.73. The van der Waals surface area contributed by atoms with Gasteiger partial charge in [0.25, 0.3) is 0 Å². The molecule has 0 amide bonds. The third kappa shape index (κ3) is 2.59. The molecule has 0 fully saturated rings. The zero-order valence-electron chi connectivity index (χ0n) is 9.92. The van der Waals surface area contributed by atoms with Crippen LogP contribution in [0, 0.1) is 13.8 Å². The Bertz CT molecular complexity index is 458. The fraction of sp³-hybridized carbons (Fsp3) is 0.545. The average molecular weight is 271 g/mol. The highest BCUT2D eigenvalue weighted by atomic mass is 19.4. The van der Waals surface area contributed by atoms with E-state index in [2.05, 4.69) is 4.98 Å². The molecule has 1 nitrogen and oxygen atoms in total. The molecule has 0 unspecified atom stereocenters. The quantitative estimate of drug-likeness (QED) is 0.694. The predicted octanol–water partition coefficient (Wildman–Crippen LogP) is 4.30. The Hall–Kier alpha value is -1.27. The summed E-state index contributed by atoms with van der Waals surface area (Å²) in [6.45, 7) is 3.41. The second-order valence-corrected chi connectivity index (χ2v) is 3.87. The molecule has 0 saturated carbocycles. The van der Waals surface area contributed by atoms with Gasteiger partial charge in [0.15, 0.2) is 0 Å². The monoisotopic (exact) mass is 271 g/mol. The van der Waals surface area contributed by atoms with Gasteiger partial charge in [-0.15, -0.1) is 0 Å². The lowest BCUT2D eigenvalue weighted by atomic mass is 9.97. The third-order valence-electron chi connectivity index (χ3n) is 2.65. The first-order valence-electron chi connectivity index (χ1n) is 5.14. The van der Waals surface area contributed by atoms with Crippen LogP contribution in [0.25, 0.3) is 0 Å². The molecular weight excluding hydrogens is 260 g/mol. The van der Waals surface area contributed by atoms with Crippen molar-refractivity contribution in [3.05, 3.63) is 28.1 Å². The number of hydrogen-bond donors (Lipinski definition) is 0. The summed E-state index contributed by atoms with van der Waals surface area (Å²) in [4.78, 5) is 3.26. The van der Waals surface area contributed by atoms with Gasteiger partial charge in [0.05, 0.1) is 5.56 Å². The van der Waals surface area contributed by atoms with Gasteiger partial charge in [0.2, 0.25) is 0 Å². The number of alkyl halides is 6. The minimum Gasteiger partial charge on any atom is -0.248 e. The van der Waals surface area contributed by atoms with Gasteiger partial charge in [-0.25, -0.2) is 4.98 Å². The predicted molar refractivity (Wildman–Crippen MR) is 53.1 cm³/mol. The second-order valence-electron chi connectivity index (χ2n) is 3.87. The van der Waals surface area contributed by atoms with Crippen molar-refractivity contribution in [2.45, 2.75) is 39.5 Å². The molecule has 102 valence electrons. The van der Waals surface area contributed by atoms with E-state index in [0.717, 1.165) is 13.8 Å². The Labute approximate surface area is 99.8 Å². The lowest BCUT2D eigenvalue weighted by Crippen LogP contribution is -2.20. The first-order valence-corrected chi connectivity index (χ1v) is 5.14. The van der Waals surface area contributed by atoms with Crippen LogP contribution < -0.4 is 0 Å². The van der Waals surface area contributed by atoms with E-state index in [0.29, 0.717) is 0 Å². The Morgan fingerprint density at radius 3 is 1.78 bits per heavy atom. The van der Waals surface area contributed by atoms with E-state index in [1.165, 1.54) is 6.92 Å². The maximum atomic E-state index is 12.8. The topological polar surface area (TPSA) is 12.9 Å². The zero-order chi connectivity index (χ0) is 14.3. The van der Waals surface area contributed by atoms with Gasteiger partial charge >= 0.3 is 12.4 Å². The molecule has 1 heterocycles. The second kappa shape index (κ2) is 4.44. The lowest BCUT2D eigenvalue weighted by molar-refractivity contribution is -0.146. The van der Waals surface area contributed by atoms with E-state index >= 15 is 0 Å². The van der Waals surface area contributed by atoms with Crippen LogP contribution in [0.2, 0.25) is 0 Å². The van der Waals surface area contributed by atoms with Crippen LogP contribution >= 0.6 is 0 Å². The molecule has 0 aliphatic heterocycles. The Kier molecular flexibility index (Phi) is 3.65. The van der Waals surface area contributed by atoms with Gasteiger partial charge < -0.3 is 0 Å². The molecular formula is C11H11F6N. The van der Waals surface area contributed by atoms with Gasteiger partial charge in [0, 0.05) is 5.69 Å². The maximum Gasteiger partial charge on any atom is 0.433 e. The smallest absolute Gasteiger partial charge is 0.248 e. The van der Waals surface area contributed by atoms with Crippen LogP contribution in [0.4, 0.5) is 26.3 Å². The van der Waals surface area contributed by atoms with E-state index in [1.54, 1.807) is 0 Å². The van der Waals surface area contributed by atoms with E-state index in [-0.39, 0.29) is 17.7 Å². The van der Waals surface area contributed by atoms with E-state index in [4.69, 9.17) is 0 Å². The fourth-order valence-corrected chi connectivity index (χ4v) is 1.94. The van der Waals surface area contributed by atoms with Gasteiger partial charge in [-0.1, -0.05) is 6.92 Å². The first-order chi connectivity index (χ1) is 8.00.